The summed E-state index contributed by atoms with van der Waals surface area (Å²) in [6.45, 7) is 4.67. The minimum atomic E-state index is -0.442. The van der Waals surface area contributed by atoms with Gasteiger partial charge in [-0.05, 0) is 31.5 Å². The number of benzene rings is 1. The van der Waals surface area contributed by atoms with Crippen molar-refractivity contribution in [3.8, 4) is 11.5 Å². The second-order valence-corrected chi connectivity index (χ2v) is 3.60. The fourth-order valence-corrected chi connectivity index (χ4v) is 1.31. The van der Waals surface area contributed by atoms with E-state index in [1.54, 1.807) is 19.1 Å². The minimum absolute atomic E-state index is 0.0355. The molecule has 17 heavy (non-hydrogen) atoms. The third-order valence-corrected chi connectivity index (χ3v) is 2.23. The van der Waals surface area contributed by atoms with Gasteiger partial charge < -0.3 is 14.6 Å². The molecule has 1 aromatic rings. The van der Waals surface area contributed by atoms with Crippen LogP contribution in [0.3, 0.4) is 0 Å². The van der Waals surface area contributed by atoms with Crippen LogP contribution in [0.2, 0.25) is 0 Å². The average Bonchev–Trinajstić information content (AvgIpc) is 2.31. The second-order valence-electron chi connectivity index (χ2n) is 3.60. The predicted octanol–water partition coefficient (Wildman–Crippen LogP) is 2.75. The number of ether oxygens (including phenoxy) is 2. The van der Waals surface area contributed by atoms with Crippen molar-refractivity contribution in [3.05, 3.63) is 23.8 Å². The van der Waals surface area contributed by atoms with Crippen LogP contribution in [0.4, 0.5) is 0 Å². The van der Waals surface area contributed by atoms with Gasteiger partial charge in [0.2, 0.25) is 0 Å². The lowest BCUT2D eigenvalue weighted by molar-refractivity contribution is 0.0526. The number of esters is 1. The van der Waals surface area contributed by atoms with Crippen molar-refractivity contribution in [1.82, 2.24) is 0 Å². The number of hydrogen-bond acceptors (Lipinski definition) is 4. The summed E-state index contributed by atoms with van der Waals surface area (Å²) in [6, 6.07) is 4.52. The molecule has 0 atom stereocenters. The molecule has 0 heterocycles. The molecular formula is C13H18O4. The third-order valence-electron chi connectivity index (χ3n) is 2.23. The van der Waals surface area contributed by atoms with E-state index in [4.69, 9.17) is 9.47 Å². The van der Waals surface area contributed by atoms with Crippen LogP contribution in [0.5, 0.6) is 11.5 Å². The summed E-state index contributed by atoms with van der Waals surface area (Å²) in [6.07, 6.45) is 1.96. The Morgan fingerprint density at radius 1 is 1.35 bits per heavy atom. The lowest BCUT2D eigenvalue weighted by Gasteiger charge is -2.08. The van der Waals surface area contributed by atoms with Gasteiger partial charge in [-0.15, -0.1) is 0 Å². The number of hydrogen-bond donors (Lipinski definition) is 1. The summed E-state index contributed by atoms with van der Waals surface area (Å²) in [4.78, 5) is 11.4. The van der Waals surface area contributed by atoms with E-state index in [0.717, 1.165) is 12.8 Å². The quantitative estimate of drug-likeness (QED) is 0.611. The van der Waals surface area contributed by atoms with Crippen molar-refractivity contribution >= 4 is 5.97 Å². The van der Waals surface area contributed by atoms with E-state index in [1.165, 1.54) is 6.07 Å². The van der Waals surface area contributed by atoms with Gasteiger partial charge in [-0.3, -0.25) is 0 Å². The summed E-state index contributed by atoms with van der Waals surface area (Å²) in [5, 5.41) is 9.68. The summed E-state index contributed by atoms with van der Waals surface area (Å²) >= 11 is 0. The van der Waals surface area contributed by atoms with Gasteiger partial charge in [-0.2, -0.15) is 0 Å². The smallest absolute Gasteiger partial charge is 0.338 e. The Hall–Kier alpha value is -1.71. The van der Waals surface area contributed by atoms with Crippen LogP contribution < -0.4 is 4.74 Å². The van der Waals surface area contributed by atoms with E-state index >= 15 is 0 Å². The largest absolute Gasteiger partial charge is 0.504 e. The van der Waals surface area contributed by atoms with E-state index in [2.05, 4.69) is 6.92 Å². The summed E-state index contributed by atoms with van der Waals surface area (Å²) in [5.41, 5.74) is 0.326. The van der Waals surface area contributed by atoms with Crippen molar-refractivity contribution < 1.29 is 19.4 Å². The molecule has 0 bridgehead atoms. The molecule has 0 saturated heterocycles. The van der Waals surface area contributed by atoms with Crippen LogP contribution >= 0.6 is 0 Å². The molecule has 0 radical (unpaired) electrons. The normalized spacial score (nSPS) is 10.0. The van der Waals surface area contributed by atoms with E-state index in [9.17, 15) is 9.90 Å². The number of unbranched alkanes of at least 4 members (excludes halogenated alkanes) is 1. The van der Waals surface area contributed by atoms with E-state index in [-0.39, 0.29) is 5.75 Å². The number of rotatable bonds is 6. The van der Waals surface area contributed by atoms with Crippen LogP contribution in [0.1, 0.15) is 37.0 Å². The highest BCUT2D eigenvalue weighted by molar-refractivity contribution is 5.90. The van der Waals surface area contributed by atoms with Gasteiger partial charge in [0.15, 0.2) is 11.5 Å². The summed E-state index contributed by atoms with van der Waals surface area (Å²) in [7, 11) is 0. The monoisotopic (exact) mass is 238 g/mol. The summed E-state index contributed by atoms with van der Waals surface area (Å²) < 4.78 is 10.2. The molecule has 1 rings (SSSR count). The Labute approximate surface area is 101 Å². The van der Waals surface area contributed by atoms with Crippen LogP contribution in [0, 0.1) is 0 Å². The molecule has 1 N–H and O–H groups in total. The Bertz CT molecular complexity index is 374. The molecule has 94 valence electrons. The molecule has 4 heteroatoms. The average molecular weight is 238 g/mol. The van der Waals surface area contributed by atoms with Gasteiger partial charge in [0.25, 0.3) is 0 Å². The van der Waals surface area contributed by atoms with E-state index < -0.39 is 5.97 Å². The van der Waals surface area contributed by atoms with E-state index in [1.807, 2.05) is 0 Å². The number of carbonyl (C=O) groups is 1. The second kappa shape index (κ2) is 6.78. The first-order chi connectivity index (χ1) is 8.19. The third kappa shape index (κ3) is 3.98. The molecule has 4 nitrogen and oxygen atoms in total. The number of aromatic hydroxyl groups is 1. The molecule has 0 spiro atoms. The Morgan fingerprint density at radius 2 is 2.12 bits per heavy atom. The molecule has 1 aromatic carbocycles. The van der Waals surface area contributed by atoms with Gasteiger partial charge in [0.1, 0.15) is 0 Å². The van der Waals surface area contributed by atoms with Crippen molar-refractivity contribution in [2.24, 2.45) is 0 Å². The Kier molecular flexibility index (Phi) is 5.33. The molecule has 0 saturated carbocycles. The lowest BCUT2D eigenvalue weighted by atomic mass is 10.2. The van der Waals surface area contributed by atoms with E-state index in [0.29, 0.717) is 24.5 Å². The topological polar surface area (TPSA) is 55.8 Å². The zero-order chi connectivity index (χ0) is 12.7. The maximum atomic E-state index is 11.4. The zero-order valence-electron chi connectivity index (χ0n) is 10.2. The van der Waals surface area contributed by atoms with Gasteiger partial charge in [-0.1, -0.05) is 13.3 Å². The van der Waals surface area contributed by atoms with Crippen molar-refractivity contribution in [3.63, 3.8) is 0 Å². The van der Waals surface area contributed by atoms with Crippen LogP contribution in [0.15, 0.2) is 18.2 Å². The van der Waals surface area contributed by atoms with Crippen molar-refractivity contribution in [1.29, 1.82) is 0 Å². The van der Waals surface area contributed by atoms with Gasteiger partial charge >= 0.3 is 5.97 Å². The fourth-order valence-electron chi connectivity index (χ4n) is 1.31. The van der Waals surface area contributed by atoms with Crippen LogP contribution in [0.25, 0.3) is 0 Å². The van der Waals surface area contributed by atoms with Crippen LogP contribution in [-0.4, -0.2) is 24.3 Å². The maximum Gasteiger partial charge on any atom is 0.338 e. The lowest BCUT2D eigenvalue weighted by Crippen LogP contribution is -2.04. The molecule has 0 fully saturated rings. The zero-order valence-corrected chi connectivity index (χ0v) is 10.2. The predicted molar refractivity (Wildman–Crippen MR) is 64.5 cm³/mol. The molecule has 0 aliphatic carbocycles. The SMILES string of the molecule is CCCCOc1ccc(C(=O)OCC)cc1O. The highest BCUT2D eigenvalue weighted by Crippen LogP contribution is 2.27. The Balaban J connectivity index is 2.68. The first-order valence-corrected chi connectivity index (χ1v) is 5.82. The maximum absolute atomic E-state index is 11.4. The molecule has 0 amide bonds. The van der Waals surface area contributed by atoms with Crippen molar-refractivity contribution in [2.45, 2.75) is 26.7 Å². The van der Waals surface area contributed by atoms with Gasteiger partial charge in [-0.25, -0.2) is 4.79 Å². The summed E-state index contributed by atoms with van der Waals surface area (Å²) in [5.74, 6) is -0.0823. The molecular weight excluding hydrogens is 220 g/mol. The molecule has 0 aliphatic heterocycles. The van der Waals surface area contributed by atoms with Crippen LogP contribution in [-0.2, 0) is 4.74 Å². The van der Waals surface area contributed by atoms with Gasteiger partial charge in [0, 0.05) is 0 Å². The number of carbonyl (C=O) groups excluding carboxylic acids is 1. The molecule has 0 aliphatic rings. The first kappa shape index (κ1) is 13.4. The number of phenolic OH excluding ortho intramolecular Hbond substituents is 1. The molecule has 0 aromatic heterocycles. The highest BCUT2D eigenvalue weighted by atomic mass is 16.5. The standard InChI is InChI=1S/C13H18O4/c1-3-5-8-17-12-7-6-10(9-11(12)14)13(15)16-4-2/h6-7,9,14H,3-5,8H2,1-2H3. The number of phenols is 1. The van der Waals surface area contributed by atoms with Gasteiger partial charge in [0.05, 0.1) is 18.8 Å². The molecule has 0 unspecified atom stereocenters. The highest BCUT2D eigenvalue weighted by Gasteiger charge is 2.10. The fraction of sp³-hybridized carbons (Fsp3) is 0.462. The first-order valence-electron chi connectivity index (χ1n) is 5.82. The van der Waals surface area contributed by atoms with Crippen molar-refractivity contribution in [2.75, 3.05) is 13.2 Å². The minimum Gasteiger partial charge on any atom is -0.504 e. The Morgan fingerprint density at radius 3 is 2.71 bits per heavy atom.